The first kappa shape index (κ1) is 21.3. The monoisotopic (exact) mass is 438 g/mol. The smallest absolute Gasteiger partial charge is 0.227 e. The molecule has 3 nitrogen and oxygen atoms in total. The van der Waals surface area contributed by atoms with Crippen LogP contribution in [0.15, 0.2) is 65.2 Å². The third kappa shape index (κ3) is 3.70. The van der Waals surface area contributed by atoms with Crippen LogP contribution in [-0.4, -0.2) is 9.97 Å². The van der Waals surface area contributed by atoms with Crippen molar-refractivity contribution in [2.24, 2.45) is 0 Å². The Balaban J connectivity index is 1.60. The van der Waals surface area contributed by atoms with Gasteiger partial charge in [0, 0.05) is 33.8 Å². The van der Waals surface area contributed by atoms with Crippen molar-refractivity contribution in [3.05, 3.63) is 83.4 Å². The van der Waals surface area contributed by atoms with Crippen molar-refractivity contribution in [3.63, 3.8) is 0 Å². The van der Waals surface area contributed by atoms with E-state index in [-0.39, 0.29) is 17.7 Å². The Bertz CT molecular complexity index is 1450. The van der Waals surface area contributed by atoms with Crippen molar-refractivity contribution in [3.8, 4) is 22.4 Å². The number of nitrogens with zero attached hydrogens (tertiary/aromatic N) is 2. The van der Waals surface area contributed by atoms with Gasteiger partial charge in [0.05, 0.1) is 5.69 Å². The van der Waals surface area contributed by atoms with E-state index in [4.69, 9.17) is 9.40 Å². The second kappa shape index (κ2) is 8.11. The van der Waals surface area contributed by atoms with Crippen LogP contribution in [0.3, 0.4) is 0 Å². The maximum atomic E-state index is 15.0. The Labute approximate surface area is 193 Å². The Morgan fingerprint density at radius 3 is 2.18 bits per heavy atom. The molecule has 0 atom stereocenters. The molecular formula is C29H27FN2O. The highest BCUT2D eigenvalue weighted by atomic mass is 19.1. The number of fused-ring (bicyclic) bond motifs is 3. The van der Waals surface area contributed by atoms with Crippen LogP contribution in [0.1, 0.15) is 56.4 Å². The third-order valence-electron chi connectivity index (χ3n) is 6.25. The first-order valence-corrected chi connectivity index (χ1v) is 11.4. The molecule has 0 amide bonds. The van der Waals surface area contributed by atoms with Crippen LogP contribution in [0.5, 0.6) is 0 Å². The van der Waals surface area contributed by atoms with E-state index < -0.39 is 0 Å². The molecule has 5 aromatic rings. The van der Waals surface area contributed by atoms with Crippen LogP contribution in [0.4, 0.5) is 4.39 Å². The summed E-state index contributed by atoms with van der Waals surface area (Å²) in [6.45, 7) is 10.1. The number of rotatable bonds is 4. The van der Waals surface area contributed by atoms with Gasteiger partial charge in [-0.25, -0.2) is 9.37 Å². The van der Waals surface area contributed by atoms with Gasteiger partial charge in [-0.05, 0) is 71.8 Å². The number of hydrogen-bond acceptors (Lipinski definition) is 3. The fourth-order valence-corrected chi connectivity index (χ4v) is 4.37. The summed E-state index contributed by atoms with van der Waals surface area (Å²) in [5, 5.41) is 2.03. The SMILES string of the molecule is Cc1ccc2c(n1)oc1c(-c3ccc(-c4cc(C(C)C)c(F)c(C(C)C)c4)cn3)cccc12. The van der Waals surface area contributed by atoms with Gasteiger partial charge >= 0.3 is 0 Å². The van der Waals surface area contributed by atoms with Crippen LogP contribution >= 0.6 is 0 Å². The molecule has 0 aliphatic heterocycles. The molecule has 0 radical (unpaired) electrons. The summed E-state index contributed by atoms with van der Waals surface area (Å²) in [6.07, 6.45) is 1.86. The maximum Gasteiger partial charge on any atom is 0.227 e. The molecule has 0 fully saturated rings. The van der Waals surface area contributed by atoms with E-state index in [2.05, 4.69) is 17.1 Å². The highest BCUT2D eigenvalue weighted by Crippen LogP contribution is 2.36. The van der Waals surface area contributed by atoms with Gasteiger partial charge in [0.25, 0.3) is 0 Å². The Morgan fingerprint density at radius 2 is 1.55 bits per heavy atom. The molecule has 0 aliphatic carbocycles. The molecule has 0 spiro atoms. The van der Waals surface area contributed by atoms with Crippen LogP contribution in [0.25, 0.3) is 44.5 Å². The zero-order chi connectivity index (χ0) is 23.3. The van der Waals surface area contributed by atoms with Crippen molar-refractivity contribution >= 4 is 22.1 Å². The predicted octanol–water partition coefficient (Wildman–Crippen LogP) is 8.40. The van der Waals surface area contributed by atoms with Gasteiger partial charge in [0.2, 0.25) is 5.71 Å². The average Bonchev–Trinajstić information content (AvgIpc) is 3.16. The molecule has 166 valence electrons. The lowest BCUT2D eigenvalue weighted by Gasteiger charge is -2.16. The molecule has 4 heteroatoms. The molecule has 3 heterocycles. The van der Waals surface area contributed by atoms with Gasteiger partial charge < -0.3 is 4.42 Å². The standard InChI is InChI=1S/C29H27FN2O/c1-16(2)24-13-20(14-25(17(3)4)27(24)30)19-10-12-26(31-15-19)23-8-6-7-21-22-11-9-18(5)32-29(22)33-28(21)23/h6-17H,1-5H3. The minimum atomic E-state index is -0.0891. The normalized spacial score (nSPS) is 11.9. The minimum Gasteiger partial charge on any atom is -0.437 e. The average molecular weight is 439 g/mol. The molecule has 33 heavy (non-hydrogen) atoms. The first-order chi connectivity index (χ1) is 15.8. The molecule has 2 aromatic carbocycles. The summed E-state index contributed by atoms with van der Waals surface area (Å²) in [7, 11) is 0. The Hall–Kier alpha value is -3.53. The highest BCUT2D eigenvalue weighted by Gasteiger charge is 2.17. The van der Waals surface area contributed by atoms with Gasteiger partial charge in [0.1, 0.15) is 11.4 Å². The molecule has 0 N–H and O–H groups in total. The third-order valence-corrected chi connectivity index (χ3v) is 6.25. The van der Waals surface area contributed by atoms with Crippen molar-refractivity contribution in [1.29, 1.82) is 0 Å². The van der Waals surface area contributed by atoms with Gasteiger partial charge in [-0.3, -0.25) is 4.98 Å². The van der Waals surface area contributed by atoms with Crippen LogP contribution < -0.4 is 0 Å². The van der Waals surface area contributed by atoms with E-state index in [9.17, 15) is 4.39 Å². The molecule has 0 bridgehead atoms. The molecular weight excluding hydrogens is 411 g/mol. The van der Waals surface area contributed by atoms with E-state index in [1.165, 1.54) is 0 Å². The predicted molar refractivity (Wildman–Crippen MR) is 133 cm³/mol. The minimum absolute atomic E-state index is 0.0891. The summed E-state index contributed by atoms with van der Waals surface area (Å²) in [6, 6.07) is 18.1. The van der Waals surface area contributed by atoms with Gasteiger partial charge in [-0.1, -0.05) is 45.9 Å². The van der Waals surface area contributed by atoms with Gasteiger partial charge in [0.15, 0.2) is 0 Å². The van der Waals surface area contributed by atoms with Crippen molar-refractivity contribution < 1.29 is 8.81 Å². The number of hydrogen-bond donors (Lipinski definition) is 0. The number of benzene rings is 2. The largest absolute Gasteiger partial charge is 0.437 e. The molecule has 0 aliphatic rings. The fourth-order valence-electron chi connectivity index (χ4n) is 4.37. The fraction of sp³-hybridized carbons (Fsp3) is 0.241. The number of halogens is 1. The van der Waals surface area contributed by atoms with E-state index >= 15 is 0 Å². The number of aryl methyl sites for hydroxylation is 1. The summed E-state index contributed by atoms with van der Waals surface area (Å²) in [5.41, 5.74) is 7.56. The number of para-hydroxylation sites is 1. The van der Waals surface area contributed by atoms with E-state index in [0.717, 1.165) is 55.6 Å². The molecule has 3 aromatic heterocycles. The van der Waals surface area contributed by atoms with E-state index in [1.54, 1.807) is 0 Å². The summed E-state index contributed by atoms with van der Waals surface area (Å²) in [5.74, 6) is 0.129. The topological polar surface area (TPSA) is 38.9 Å². The second-order valence-corrected chi connectivity index (χ2v) is 9.30. The van der Waals surface area contributed by atoms with Crippen molar-refractivity contribution in [2.45, 2.75) is 46.5 Å². The Morgan fingerprint density at radius 1 is 0.818 bits per heavy atom. The second-order valence-electron chi connectivity index (χ2n) is 9.30. The van der Waals surface area contributed by atoms with Gasteiger partial charge in [-0.15, -0.1) is 0 Å². The van der Waals surface area contributed by atoms with E-state index in [0.29, 0.717) is 5.71 Å². The zero-order valence-electron chi connectivity index (χ0n) is 19.6. The number of pyridine rings is 2. The van der Waals surface area contributed by atoms with Crippen LogP contribution in [-0.2, 0) is 0 Å². The Kier molecular flexibility index (Phi) is 5.24. The lowest BCUT2D eigenvalue weighted by molar-refractivity contribution is 0.573. The lowest BCUT2D eigenvalue weighted by atomic mass is 9.90. The number of aromatic nitrogens is 2. The summed E-state index contributed by atoms with van der Waals surface area (Å²) < 4.78 is 21.1. The molecule has 0 saturated heterocycles. The number of furan rings is 1. The van der Waals surface area contributed by atoms with E-state index in [1.807, 2.05) is 83.3 Å². The zero-order valence-corrected chi connectivity index (χ0v) is 19.6. The molecule has 5 rings (SSSR count). The van der Waals surface area contributed by atoms with Gasteiger partial charge in [-0.2, -0.15) is 0 Å². The highest BCUT2D eigenvalue weighted by molar-refractivity contribution is 6.08. The maximum absolute atomic E-state index is 15.0. The van der Waals surface area contributed by atoms with Crippen molar-refractivity contribution in [2.75, 3.05) is 0 Å². The lowest BCUT2D eigenvalue weighted by Crippen LogP contribution is -2.02. The molecule has 0 saturated carbocycles. The molecule has 0 unspecified atom stereocenters. The first-order valence-electron chi connectivity index (χ1n) is 11.4. The quantitative estimate of drug-likeness (QED) is 0.283. The van der Waals surface area contributed by atoms with Crippen molar-refractivity contribution in [1.82, 2.24) is 9.97 Å². The summed E-state index contributed by atoms with van der Waals surface area (Å²) >= 11 is 0. The van der Waals surface area contributed by atoms with Crippen LogP contribution in [0.2, 0.25) is 0 Å². The summed E-state index contributed by atoms with van der Waals surface area (Å²) in [4.78, 5) is 9.30. The van der Waals surface area contributed by atoms with Crippen LogP contribution in [0, 0.1) is 12.7 Å².